The molecule has 4 aliphatic rings. The first-order valence-corrected chi connectivity index (χ1v) is 13.1. The van der Waals surface area contributed by atoms with E-state index in [1.807, 2.05) is 14.0 Å². The average Bonchev–Trinajstić information content (AvgIpc) is 3.34. The Kier molecular flexibility index (Phi) is 5.75. The Morgan fingerprint density at radius 1 is 1.15 bits per heavy atom. The van der Waals surface area contributed by atoms with Gasteiger partial charge in [0.15, 0.2) is 11.6 Å². The van der Waals surface area contributed by atoms with Crippen LogP contribution in [0.3, 0.4) is 0 Å². The number of carbonyl (C=O) groups is 1. The quantitative estimate of drug-likeness (QED) is 0.718. The van der Waals surface area contributed by atoms with Gasteiger partial charge >= 0.3 is 0 Å². The number of tetrazole rings is 1. The molecule has 0 amide bonds. The van der Waals surface area contributed by atoms with Crippen LogP contribution in [-0.2, 0) is 16.1 Å². The van der Waals surface area contributed by atoms with Crippen molar-refractivity contribution in [2.24, 2.45) is 40.4 Å². The van der Waals surface area contributed by atoms with E-state index in [0.29, 0.717) is 29.5 Å². The molecule has 7 nitrogen and oxygen atoms in total. The summed E-state index contributed by atoms with van der Waals surface area (Å²) in [6.45, 7) is 8.74. The Morgan fingerprint density at radius 3 is 2.64 bits per heavy atom. The molecule has 0 saturated heterocycles. The first-order valence-electron chi connectivity index (χ1n) is 13.1. The van der Waals surface area contributed by atoms with Crippen LogP contribution in [0.5, 0.6) is 0 Å². The number of nitrogens with zero attached hydrogens (tertiary/aromatic N) is 4. The summed E-state index contributed by atoms with van der Waals surface area (Å²) in [4.78, 5) is 14.9. The Morgan fingerprint density at radius 2 is 1.94 bits per heavy atom. The topological polar surface area (TPSA) is 90.1 Å². The van der Waals surface area contributed by atoms with E-state index >= 15 is 0 Å². The van der Waals surface area contributed by atoms with Gasteiger partial charge in [-0.3, -0.25) is 4.79 Å². The molecule has 7 heteroatoms. The maximum absolute atomic E-state index is 13.4. The van der Waals surface area contributed by atoms with Crippen LogP contribution in [0.15, 0.2) is 0 Å². The third kappa shape index (κ3) is 3.60. The van der Waals surface area contributed by atoms with E-state index in [4.69, 9.17) is 4.74 Å². The fourth-order valence-corrected chi connectivity index (χ4v) is 9.35. The molecule has 4 fully saturated rings. The van der Waals surface area contributed by atoms with Gasteiger partial charge in [-0.2, -0.15) is 4.80 Å². The third-order valence-electron chi connectivity index (χ3n) is 10.9. The van der Waals surface area contributed by atoms with E-state index < -0.39 is 5.60 Å². The molecule has 1 N–H and O–H groups in total. The van der Waals surface area contributed by atoms with Gasteiger partial charge in [-0.15, -0.1) is 10.2 Å². The SMILES string of the molecule is COC(C)[C@]12CC[C@@](C)(O)C[C@H]1CC[C@H]1[C@@H]3CC[C@H](C(=O)Cn4nnc(C)n4)[C@@]3(C)CC[C@@H]12. The molecule has 4 aliphatic carbocycles. The number of ether oxygens (including phenoxy) is 1. The van der Waals surface area contributed by atoms with Gasteiger partial charge in [-0.05, 0) is 113 Å². The van der Waals surface area contributed by atoms with Crippen molar-refractivity contribution in [3.63, 3.8) is 0 Å². The lowest BCUT2D eigenvalue weighted by atomic mass is 9.42. The van der Waals surface area contributed by atoms with E-state index in [-0.39, 0.29) is 35.2 Å². The van der Waals surface area contributed by atoms with E-state index in [1.165, 1.54) is 24.1 Å². The average molecular weight is 459 g/mol. The van der Waals surface area contributed by atoms with Gasteiger partial charge in [-0.25, -0.2) is 0 Å². The van der Waals surface area contributed by atoms with Crippen LogP contribution < -0.4 is 0 Å². The molecule has 0 spiro atoms. The van der Waals surface area contributed by atoms with Crippen molar-refractivity contribution in [3.05, 3.63) is 5.82 Å². The highest BCUT2D eigenvalue weighted by Gasteiger charge is 2.64. The van der Waals surface area contributed by atoms with E-state index in [1.54, 1.807) is 6.92 Å². The number of rotatable bonds is 5. The van der Waals surface area contributed by atoms with Crippen molar-refractivity contribution in [2.45, 2.75) is 104 Å². The second-order valence-corrected chi connectivity index (χ2v) is 12.4. The summed E-state index contributed by atoms with van der Waals surface area (Å²) in [5, 5.41) is 23.1. The van der Waals surface area contributed by atoms with Crippen LogP contribution in [0.2, 0.25) is 0 Å². The number of methoxy groups -OCH3 is 1. The number of carbonyl (C=O) groups excluding carboxylic acids is 1. The summed E-state index contributed by atoms with van der Waals surface area (Å²) in [7, 11) is 1.87. The number of aromatic nitrogens is 4. The molecule has 0 bridgehead atoms. The van der Waals surface area contributed by atoms with Gasteiger partial charge in [0.25, 0.3) is 0 Å². The molecule has 9 atom stereocenters. The molecule has 33 heavy (non-hydrogen) atoms. The molecular formula is C26H42N4O3. The lowest BCUT2D eigenvalue weighted by molar-refractivity contribution is -0.199. The monoisotopic (exact) mass is 458 g/mol. The number of aliphatic hydroxyl groups is 1. The molecule has 0 aliphatic heterocycles. The zero-order valence-corrected chi connectivity index (χ0v) is 21.1. The van der Waals surface area contributed by atoms with Crippen LogP contribution in [0.4, 0.5) is 0 Å². The Hall–Kier alpha value is -1.34. The molecule has 1 aromatic heterocycles. The van der Waals surface area contributed by atoms with E-state index in [9.17, 15) is 9.90 Å². The summed E-state index contributed by atoms with van der Waals surface area (Å²) in [6, 6.07) is 0. The molecule has 184 valence electrons. The fourth-order valence-electron chi connectivity index (χ4n) is 9.35. The van der Waals surface area contributed by atoms with E-state index in [0.717, 1.165) is 38.5 Å². The molecule has 1 aromatic rings. The summed E-state index contributed by atoms with van der Waals surface area (Å²) in [5.41, 5.74) is -0.319. The number of hydrogen-bond donors (Lipinski definition) is 1. The van der Waals surface area contributed by atoms with Gasteiger partial charge in [0.1, 0.15) is 6.54 Å². The maximum atomic E-state index is 13.4. The van der Waals surface area contributed by atoms with Crippen molar-refractivity contribution in [1.82, 2.24) is 20.2 Å². The number of hydrogen-bond acceptors (Lipinski definition) is 6. The number of aryl methyl sites for hydroxylation is 1. The zero-order valence-electron chi connectivity index (χ0n) is 21.1. The highest BCUT2D eigenvalue weighted by Crippen LogP contribution is 2.69. The Balaban J connectivity index is 1.40. The van der Waals surface area contributed by atoms with Crippen LogP contribution in [0.25, 0.3) is 0 Å². The highest BCUT2D eigenvalue weighted by atomic mass is 16.5. The van der Waals surface area contributed by atoms with Crippen molar-refractivity contribution in [3.8, 4) is 0 Å². The predicted molar refractivity (Wildman–Crippen MR) is 124 cm³/mol. The minimum absolute atomic E-state index is 0.0678. The van der Waals surface area contributed by atoms with Crippen molar-refractivity contribution in [2.75, 3.05) is 7.11 Å². The minimum atomic E-state index is -0.545. The van der Waals surface area contributed by atoms with Crippen LogP contribution >= 0.6 is 0 Å². The van der Waals surface area contributed by atoms with Crippen LogP contribution in [0.1, 0.15) is 84.4 Å². The second kappa shape index (κ2) is 8.11. The molecular weight excluding hydrogens is 416 g/mol. The highest BCUT2D eigenvalue weighted by molar-refractivity contribution is 5.82. The second-order valence-electron chi connectivity index (χ2n) is 12.4. The van der Waals surface area contributed by atoms with Gasteiger partial charge in [0.05, 0.1) is 11.7 Å². The molecule has 0 aromatic carbocycles. The van der Waals surface area contributed by atoms with Gasteiger partial charge < -0.3 is 9.84 Å². The summed E-state index contributed by atoms with van der Waals surface area (Å²) in [5.74, 6) is 3.40. The van der Waals surface area contributed by atoms with Crippen molar-refractivity contribution < 1.29 is 14.6 Å². The maximum Gasteiger partial charge on any atom is 0.171 e. The summed E-state index contributed by atoms with van der Waals surface area (Å²) >= 11 is 0. The lowest BCUT2D eigenvalue weighted by Gasteiger charge is -2.64. The largest absolute Gasteiger partial charge is 0.390 e. The summed E-state index contributed by atoms with van der Waals surface area (Å²) in [6.07, 6.45) is 9.87. The van der Waals surface area contributed by atoms with Crippen LogP contribution in [-0.4, -0.2) is 49.9 Å². The van der Waals surface area contributed by atoms with E-state index in [2.05, 4.69) is 29.3 Å². The lowest BCUT2D eigenvalue weighted by Crippen LogP contribution is -2.60. The predicted octanol–water partition coefficient (Wildman–Crippen LogP) is 3.98. The molecule has 1 unspecified atom stereocenters. The Bertz CT molecular complexity index is 900. The van der Waals surface area contributed by atoms with Crippen LogP contribution in [0, 0.1) is 47.3 Å². The molecule has 4 saturated carbocycles. The molecule has 1 heterocycles. The van der Waals surface area contributed by atoms with Gasteiger partial charge in [0.2, 0.25) is 0 Å². The minimum Gasteiger partial charge on any atom is -0.390 e. The normalized spacial score (nSPS) is 45.7. The van der Waals surface area contributed by atoms with Crippen molar-refractivity contribution in [1.29, 1.82) is 0 Å². The van der Waals surface area contributed by atoms with Gasteiger partial charge in [0, 0.05) is 18.4 Å². The van der Waals surface area contributed by atoms with Crippen molar-refractivity contribution >= 4 is 5.78 Å². The molecule has 0 radical (unpaired) electrons. The zero-order chi connectivity index (χ0) is 23.6. The number of Topliss-reactive ketones (excluding diaryl/α,β-unsaturated/α-hetero) is 1. The van der Waals surface area contributed by atoms with Gasteiger partial charge in [-0.1, -0.05) is 6.92 Å². The smallest absolute Gasteiger partial charge is 0.171 e. The fraction of sp³-hybridized carbons (Fsp3) is 0.923. The summed E-state index contributed by atoms with van der Waals surface area (Å²) < 4.78 is 6.07. The standard InChI is InChI=1S/C26H42N4O3/c1-16(33-5)26-13-12-24(3,32)14-18(26)6-7-19-20-8-9-22(25(20,4)11-10-21(19)26)23(31)15-30-28-17(2)27-29-30/h16,18-22,32H,6-15H2,1-5H3/t16?,18-,19+,20+,21+,22-,24-,25+,26-/m1/s1. The first kappa shape index (κ1) is 23.4. The third-order valence-corrected chi connectivity index (χ3v) is 10.9. The molecule has 5 rings (SSSR count). The number of fused-ring (bicyclic) bond motifs is 5. The Labute approximate surface area is 198 Å². The first-order chi connectivity index (χ1) is 15.6. The number of ketones is 1.